The van der Waals surface area contributed by atoms with Crippen molar-refractivity contribution < 1.29 is 34.1 Å². The monoisotopic (exact) mass is 634 g/mol. The Bertz CT molecular complexity index is 1190. The second-order valence-corrected chi connectivity index (χ2v) is 10.8. The smallest absolute Gasteiger partial charge is 0.414 e. The van der Waals surface area contributed by atoms with Crippen LogP contribution in [0.25, 0.3) is 0 Å². The third kappa shape index (κ3) is 11.5. The van der Waals surface area contributed by atoms with Crippen LogP contribution in [-0.2, 0) is 36.8 Å². The van der Waals surface area contributed by atoms with Crippen LogP contribution in [0.15, 0.2) is 36.4 Å². The number of carbonyl (C=O) groups excluding carboxylic acids is 2. The maximum absolute atomic E-state index is 13.0. The second kappa shape index (κ2) is 16.6. The number of carbonyl (C=O) groups is 4. The van der Waals surface area contributed by atoms with Crippen molar-refractivity contribution in [2.75, 3.05) is 33.3 Å². The van der Waals surface area contributed by atoms with Gasteiger partial charge in [-0.25, -0.2) is 9.59 Å². The third-order valence-corrected chi connectivity index (χ3v) is 7.66. The average molecular weight is 636 g/mol. The first-order valence-corrected chi connectivity index (χ1v) is 13.9. The van der Waals surface area contributed by atoms with Crippen molar-refractivity contribution in [2.24, 2.45) is 0 Å². The number of benzene rings is 2. The second-order valence-electron chi connectivity index (χ2n) is 9.14. The molecule has 1 heterocycles. The Hall–Kier alpha value is -2.56. The van der Waals surface area contributed by atoms with Crippen molar-refractivity contribution >= 4 is 70.2 Å². The van der Waals surface area contributed by atoms with Crippen LogP contribution in [0.1, 0.15) is 30.4 Å². The highest BCUT2D eigenvalue weighted by atomic mass is 35.5. The standard InChI is InChI=1S/C25H28Cl4N2O3.C2H2O4/c1-30(24(32)14-17-4-6-20(26)22(28)12-17)19(16-31-9-2-3-10-31)8-11-34-25(33)15-18-5-7-21(27)23(29)13-18;3-1(4)2(5)6/h4-7,12-13,19H,2-3,8-11,14-16H2,1H3;(H,3,4)(H,5,6). The van der Waals surface area contributed by atoms with Crippen LogP contribution in [0.5, 0.6) is 0 Å². The van der Waals surface area contributed by atoms with Gasteiger partial charge >= 0.3 is 17.9 Å². The molecule has 1 aliphatic rings. The molecule has 0 spiro atoms. The number of carboxylic acid groups (broad SMARTS) is 2. The Morgan fingerprint density at radius 1 is 0.850 bits per heavy atom. The Kier molecular flexibility index (Phi) is 14.0. The summed E-state index contributed by atoms with van der Waals surface area (Å²) in [7, 11) is 1.80. The van der Waals surface area contributed by atoms with Crippen molar-refractivity contribution in [1.29, 1.82) is 0 Å². The van der Waals surface area contributed by atoms with E-state index >= 15 is 0 Å². The molecule has 13 heteroatoms. The molecule has 3 rings (SSSR count). The van der Waals surface area contributed by atoms with Gasteiger partial charge in [-0.15, -0.1) is 0 Å². The zero-order valence-electron chi connectivity index (χ0n) is 21.7. The topological polar surface area (TPSA) is 124 Å². The number of rotatable bonds is 10. The first kappa shape index (κ1) is 33.6. The molecule has 1 amide bonds. The van der Waals surface area contributed by atoms with E-state index in [0.29, 0.717) is 26.5 Å². The van der Waals surface area contributed by atoms with Crippen molar-refractivity contribution in [3.63, 3.8) is 0 Å². The van der Waals surface area contributed by atoms with Gasteiger partial charge < -0.3 is 24.7 Å². The van der Waals surface area contributed by atoms with Gasteiger partial charge in [0.25, 0.3) is 0 Å². The molecular formula is C27H30Cl4N2O7. The van der Waals surface area contributed by atoms with Crippen LogP contribution in [0.2, 0.25) is 20.1 Å². The quantitative estimate of drug-likeness (QED) is 0.273. The van der Waals surface area contributed by atoms with E-state index in [0.717, 1.165) is 43.6 Å². The molecule has 0 aromatic heterocycles. The van der Waals surface area contributed by atoms with Crippen molar-refractivity contribution in [2.45, 2.75) is 38.1 Å². The number of hydrogen-bond acceptors (Lipinski definition) is 6. The van der Waals surface area contributed by atoms with Crippen LogP contribution in [-0.4, -0.2) is 83.2 Å². The number of hydrogen-bond donors (Lipinski definition) is 2. The predicted octanol–water partition coefficient (Wildman–Crippen LogP) is 5.10. The average Bonchev–Trinajstić information content (AvgIpc) is 3.41. The first-order chi connectivity index (χ1) is 18.9. The van der Waals surface area contributed by atoms with Gasteiger partial charge in [0.05, 0.1) is 39.5 Å². The molecule has 2 aromatic rings. The molecule has 0 bridgehead atoms. The van der Waals surface area contributed by atoms with Crippen LogP contribution in [0.4, 0.5) is 0 Å². The number of likely N-dealkylation sites (tertiary alicyclic amines) is 1. The van der Waals surface area contributed by atoms with Crippen molar-refractivity contribution in [3.8, 4) is 0 Å². The summed E-state index contributed by atoms with van der Waals surface area (Å²) in [5, 5.41) is 16.5. The van der Waals surface area contributed by atoms with Gasteiger partial charge in [-0.1, -0.05) is 58.5 Å². The van der Waals surface area contributed by atoms with E-state index < -0.39 is 11.9 Å². The van der Waals surface area contributed by atoms with Crippen LogP contribution < -0.4 is 0 Å². The van der Waals surface area contributed by atoms with Gasteiger partial charge in [0, 0.05) is 26.1 Å². The molecule has 2 aromatic carbocycles. The summed E-state index contributed by atoms with van der Waals surface area (Å²) >= 11 is 24.0. The molecule has 218 valence electrons. The zero-order valence-corrected chi connectivity index (χ0v) is 24.8. The van der Waals surface area contributed by atoms with Gasteiger partial charge in [-0.3, -0.25) is 9.59 Å². The summed E-state index contributed by atoms with van der Waals surface area (Å²) in [4.78, 5) is 47.7. The van der Waals surface area contributed by atoms with Crippen molar-refractivity contribution in [1.82, 2.24) is 9.80 Å². The molecule has 1 fully saturated rings. The molecule has 0 saturated carbocycles. The zero-order chi connectivity index (χ0) is 29.8. The number of esters is 1. The molecule has 0 radical (unpaired) electrons. The van der Waals surface area contributed by atoms with Crippen molar-refractivity contribution in [3.05, 3.63) is 67.6 Å². The lowest BCUT2D eigenvalue weighted by molar-refractivity contribution is -0.159. The number of carboxylic acids is 2. The Balaban J connectivity index is 0.000000840. The molecule has 9 nitrogen and oxygen atoms in total. The summed E-state index contributed by atoms with van der Waals surface area (Å²) in [6.45, 7) is 3.00. The fourth-order valence-corrected chi connectivity index (χ4v) is 4.64. The van der Waals surface area contributed by atoms with Crippen LogP contribution in [0, 0.1) is 0 Å². The molecule has 1 unspecified atom stereocenters. The van der Waals surface area contributed by atoms with E-state index in [2.05, 4.69) is 4.90 Å². The largest absolute Gasteiger partial charge is 0.473 e. The van der Waals surface area contributed by atoms with Crippen LogP contribution >= 0.6 is 46.4 Å². The number of ether oxygens (including phenoxy) is 1. The minimum absolute atomic E-state index is 0.0234. The maximum atomic E-state index is 13.0. The van der Waals surface area contributed by atoms with Gasteiger partial charge in [0.15, 0.2) is 0 Å². The molecular weight excluding hydrogens is 606 g/mol. The highest BCUT2D eigenvalue weighted by molar-refractivity contribution is 6.42. The lowest BCUT2D eigenvalue weighted by Gasteiger charge is -2.31. The lowest BCUT2D eigenvalue weighted by Crippen LogP contribution is -2.45. The van der Waals surface area contributed by atoms with Gasteiger partial charge in [-0.2, -0.15) is 0 Å². The normalized spacial score (nSPS) is 13.6. The fraction of sp³-hybridized carbons (Fsp3) is 0.407. The molecule has 2 N–H and O–H groups in total. The molecule has 1 saturated heterocycles. The van der Waals surface area contributed by atoms with E-state index in [-0.39, 0.29) is 37.4 Å². The summed E-state index contributed by atoms with van der Waals surface area (Å²) in [6, 6.07) is 10.2. The van der Waals surface area contributed by atoms with Gasteiger partial charge in [0.2, 0.25) is 5.91 Å². The third-order valence-electron chi connectivity index (χ3n) is 6.18. The SMILES string of the molecule is CN(C(=O)Cc1ccc(Cl)c(Cl)c1)C(CCOC(=O)Cc1ccc(Cl)c(Cl)c1)CN1CCCC1.O=C(O)C(=O)O. The Labute approximate surface area is 252 Å². The number of likely N-dealkylation sites (N-methyl/N-ethyl adjacent to an activating group) is 1. The van der Waals surface area contributed by atoms with Crippen LogP contribution in [0.3, 0.4) is 0 Å². The van der Waals surface area contributed by atoms with E-state index in [1.165, 1.54) is 0 Å². The Morgan fingerprint density at radius 3 is 1.82 bits per heavy atom. The van der Waals surface area contributed by atoms with E-state index in [9.17, 15) is 9.59 Å². The van der Waals surface area contributed by atoms with E-state index in [1.807, 2.05) is 0 Å². The fourth-order valence-electron chi connectivity index (χ4n) is 4.00. The number of nitrogens with zero attached hydrogens (tertiary/aromatic N) is 2. The first-order valence-electron chi connectivity index (χ1n) is 12.3. The van der Waals surface area contributed by atoms with Gasteiger partial charge in [-0.05, 0) is 61.3 Å². The van der Waals surface area contributed by atoms with E-state index in [1.54, 1.807) is 48.3 Å². The number of halogens is 4. The Morgan fingerprint density at radius 2 is 1.35 bits per heavy atom. The highest BCUT2D eigenvalue weighted by Crippen LogP contribution is 2.24. The molecule has 1 aliphatic heterocycles. The minimum atomic E-state index is -1.82. The maximum Gasteiger partial charge on any atom is 0.414 e. The van der Waals surface area contributed by atoms with Gasteiger partial charge in [0.1, 0.15) is 0 Å². The van der Waals surface area contributed by atoms with E-state index in [4.69, 9.17) is 70.9 Å². The number of amides is 1. The minimum Gasteiger partial charge on any atom is -0.473 e. The molecule has 0 aliphatic carbocycles. The predicted molar refractivity (Wildman–Crippen MR) is 153 cm³/mol. The summed E-state index contributed by atoms with van der Waals surface area (Å²) < 4.78 is 5.48. The molecule has 40 heavy (non-hydrogen) atoms. The summed E-state index contributed by atoms with van der Waals surface area (Å²) in [6.07, 6.45) is 3.20. The lowest BCUT2D eigenvalue weighted by atomic mass is 10.1. The molecule has 1 atom stereocenters. The summed E-state index contributed by atoms with van der Waals surface area (Å²) in [5.74, 6) is -4.02. The number of aliphatic carboxylic acids is 2. The summed E-state index contributed by atoms with van der Waals surface area (Å²) in [5.41, 5.74) is 1.54. The highest BCUT2D eigenvalue weighted by Gasteiger charge is 2.25.